The summed E-state index contributed by atoms with van der Waals surface area (Å²) in [6.07, 6.45) is 3.77. The van der Waals surface area contributed by atoms with Crippen molar-refractivity contribution in [3.63, 3.8) is 0 Å². The van der Waals surface area contributed by atoms with E-state index in [0.29, 0.717) is 13.2 Å². The van der Waals surface area contributed by atoms with Gasteiger partial charge >= 0.3 is 5.97 Å². The molecule has 0 aromatic heterocycles. The summed E-state index contributed by atoms with van der Waals surface area (Å²) in [4.78, 5) is 24.5. The van der Waals surface area contributed by atoms with Gasteiger partial charge in [0.2, 0.25) is 5.91 Å². The maximum atomic E-state index is 11.5. The molecule has 0 aliphatic carbocycles. The van der Waals surface area contributed by atoms with E-state index in [1.165, 1.54) is 6.92 Å². The monoisotopic (exact) mass is 256 g/mol. The topological polar surface area (TPSA) is 58.6 Å². The SMILES string of the molecule is CCCCOC(=O)CN1CCC(NC(C)=O)CC1. The molecule has 5 nitrogen and oxygen atoms in total. The summed E-state index contributed by atoms with van der Waals surface area (Å²) < 4.78 is 5.13. The zero-order chi connectivity index (χ0) is 13.4. The summed E-state index contributed by atoms with van der Waals surface area (Å²) >= 11 is 0. The van der Waals surface area contributed by atoms with Gasteiger partial charge in [-0.15, -0.1) is 0 Å². The molecule has 0 bridgehead atoms. The van der Waals surface area contributed by atoms with Crippen molar-refractivity contribution in [2.24, 2.45) is 0 Å². The molecule has 1 saturated heterocycles. The van der Waals surface area contributed by atoms with Gasteiger partial charge in [0.05, 0.1) is 13.2 Å². The molecule has 1 heterocycles. The number of ether oxygens (including phenoxy) is 1. The number of esters is 1. The fourth-order valence-electron chi connectivity index (χ4n) is 2.08. The minimum atomic E-state index is -0.138. The summed E-state index contributed by atoms with van der Waals surface area (Å²) in [5, 5.41) is 2.92. The number of rotatable bonds is 6. The highest BCUT2D eigenvalue weighted by Crippen LogP contribution is 2.10. The molecule has 0 aromatic rings. The van der Waals surface area contributed by atoms with Crippen molar-refractivity contribution in [3.05, 3.63) is 0 Å². The van der Waals surface area contributed by atoms with Crippen molar-refractivity contribution in [1.82, 2.24) is 10.2 Å². The molecule has 0 atom stereocenters. The lowest BCUT2D eigenvalue weighted by atomic mass is 10.1. The number of likely N-dealkylation sites (tertiary alicyclic amines) is 1. The lowest BCUT2D eigenvalue weighted by Gasteiger charge is -2.31. The smallest absolute Gasteiger partial charge is 0.320 e. The highest BCUT2D eigenvalue weighted by molar-refractivity contribution is 5.73. The van der Waals surface area contributed by atoms with Crippen LogP contribution in [0.5, 0.6) is 0 Å². The average molecular weight is 256 g/mol. The van der Waals surface area contributed by atoms with Gasteiger partial charge < -0.3 is 10.1 Å². The molecule has 0 radical (unpaired) electrons. The van der Waals surface area contributed by atoms with Crippen LogP contribution in [0.15, 0.2) is 0 Å². The van der Waals surface area contributed by atoms with Crippen LogP contribution in [0.3, 0.4) is 0 Å². The quantitative estimate of drug-likeness (QED) is 0.567. The normalized spacial score (nSPS) is 17.4. The second-order valence-electron chi connectivity index (χ2n) is 4.82. The van der Waals surface area contributed by atoms with Crippen LogP contribution < -0.4 is 5.32 Å². The number of hydrogen-bond donors (Lipinski definition) is 1. The van der Waals surface area contributed by atoms with Gasteiger partial charge in [-0.1, -0.05) is 13.3 Å². The largest absolute Gasteiger partial charge is 0.465 e. The Balaban J connectivity index is 2.14. The molecule has 104 valence electrons. The average Bonchev–Trinajstić information content (AvgIpc) is 2.31. The third kappa shape index (κ3) is 6.00. The maximum Gasteiger partial charge on any atom is 0.320 e. The number of nitrogens with one attached hydrogen (secondary N) is 1. The van der Waals surface area contributed by atoms with Gasteiger partial charge in [0, 0.05) is 26.1 Å². The predicted molar refractivity (Wildman–Crippen MR) is 69.1 cm³/mol. The number of hydrogen-bond acceptors (Lipinski definition) is 4. The summed E-state index contributed by atoms with van der Waals surface area (Å²) in [5.74, 6) is -0.117. The number of piperidine rings is 1. The predicted octanol–water partition coefficient (Wildman–Crippen LogP) is 0.930. The van der Waals surface area contributed by atoms with E-state index in [0.717, 1.165) is 38.8 Å². The Bertz CT molecular complexity index is 273. The van der Waals surface area contributed by atoms with Crippen molar-refractivity contribution < 1.29 is 14.3 Å². The Morgan fingerprint density at radius 3 is 2.56 bits per heavy atom. The first-order chi connectivity index (χ1) is 8.61. The summed E-state index contributed by atoms with van der Waals surface area (Å²) in [7, 11) is 0. The third-order valence-corrected chi connectivity index (χ3v) is 3.11. The maximum absolute atomic E-state index is 11.5. The molecule has 0 spiro atoms. The summed E-state index contributed by atoms with van der Waals surface area (Å²) in [6, 6.07) is 0.259. The fourth-order valence-corrected chi connectivity index (χ4v) is 2.08. The molecule has 5 heteroatoms. The standard InChI is InChI=1S/C13H24N2O3/c1-3-4-9-18-13(17)10-15-7-5-12(6-8-15)14-11(2)16/h12H,3-10H2,1-2H3,(H,14,16). The van der Waals surface area contributed by atoms with Gasteiger partial charge in [0.25, 0.3) is 0 Å². The van der Waals surface area contributed by atoms with Crippen molar-refractivity contribution in [3.8, 4) is 0 Å². The van der Waals surface area contributed by atoms with E-state index in [2.05, 4.69) is 17.1 Å². The zero-order valence-corrected chi connectivity index (χ0v) is 11.4. The first-order valence-electron chi connectivity index (χ1n) is 6.77. The first-order valence-corrected chi connectivity index (χ1v) is 6.77. The number of carbonyl (C=O) groups excluding carboxylic acids is 2. The number of nitrogens with zero attached hydrogens (tertiary/aromatic N) is 1. The van der Waals surface area contributed by atoms with E-state index >= 15 is 0 Å². The van der Waals surface area contributed by atoms with Gasteiger partial charge in [-0.05, 0) is 19.3 Å². The molecule has 1 N–H and O–H groups in total. The minimum absolute atomic E-state index is 0.0208. The van der Waals surface area contributed by atoms with E-state index in [4.69, 9.17) is 4.74 Å². The van der Waals surface area contributed by atoms with Gasteiger partial charge in [-0.3, -0.25) is 14.5 Å². The Morgan fingerprint density at radius 1 is 1.33 bits per heavy atom. The van der Waals surface area contributed by atoms with Crippen LogP contribution in [0, 0.1) is 0 Å². The Morgan fingerprint density at radius 2 is 2.00 bits per heavy atom. The first kappa shape index (κ1) is 15.0. The molecule has 0 saturated carbocycles. The van der Waals surface area contributed by atoms with Crippen molar-refractivity contribution in [1.29, 1.82) is 0 Å². The van der Waals surface area contributed by atoms with Crippen LogP contribution in [0.4, 0.5) is 0 Å². The molecule has 0 aromatic carbocycles. The molecule has 1 amide bonds. The van der Waals surface area contributed by atoms with Crippen molar-refractivity contribution >= 4 is 11.9 Å². The number of unbranched alkanes of at least 4 members (excludes halogenated alkanes) is 1. The lowest BCUT2D eigenvalue weighted by molar-refractivity contribution is -0.145. The lowest BCUT2D eigenvalue weighted by Crippen LogP contribution is -2.45. The number of amides is 1. The molecule has 1 aliphatic heterocycles. The highest BCUT2D eigenvalue weighted by Gasteiger charge is 2.21. The van der Waals surface area contributed by atoms with Crippen LogP contribution in [-0.4, -0.2) is 49.1 Å². The Labute approximate surface area is 109 Å². The van der Waals surface area contributed by atoms with Gasteiger partial charge in [0.1, 0.15) is 0 Å². The van der Waals surface area contributed by atoms with Crippen LogP contribution in [0.25, 0.3) is 0 Å². The fraction of sp³-hybridized carbons (Fsp3) is 0.846. The van der Waals surface area contributed by atoms with Gasteiger partial charge in [0.15, 0.2) is 0 Å². The van der Waals surface area contributed by atoms with E-state index < -0.39 is 0 Å². The minimum Gasteiger partial charge on any atom is -0.465 e. The van der Waals surface area contributed by atoms with E-state index in [1.807, 2.05) is 0 Å². The van der Waals surface area contributed by atoms with Crippen LogP contribution in [0.2, 0.25) is 0 Å². The van der Waals surface area contributed by atoms with Crippen LogP contribution in [-0.2, 0) is 14.3 Å². The zero-order valence-electron chi connectivity index (χ0n) is 11.4. The molecule has 18 heavy (non-hydrogen) atoms. The molecular formula is C13H24N2O3. The Kier molecular flexibility index (Phi) is 6.72. The molecule has 0 unspecified atom stereocenters. The van der Waals surface area contributed by atoms with E-state index in [9.17, 15) is 9.59 Å². The van der Waals surface area contributed by atoms with Crippen LogP contribution >= 0.6 is 0 Å². The van der Waals surface area contributed by atoms with Gasteiger partial charge in [-0.25, -0.2) is 0 Å². The highest BCUT2D eigenvalue weighted by atomic mass is 16.5. The molecule has 1 rings (SSSR count). The van der Waals surface area contributed by atoms with E-state index in [1.54, 1.807) is 0 Å². The summed E-state index contributed by atoms with van der Waals surface area (Å²) in [6.45, 7) is 6.19. The Hall–Kier alpha value is -1.10. The second-order valence-corrected chi connectivity index (χ2v) is 4.82. The second kappa shape index (κ2) is 8.08. The summed E-state index contributed by atoms with van der Waals surface area (Å²) in [5.41, 5.74) is 0. The van der Waals surface area contributed by atoms with E-state index in [-0.39, 0.29) is 17.9 Å². The van der Waals surface area contributed by atoms with Crippen molar-refractivity contribution in [2.75, 3.05) is 26.2 Å². The van der Waals surface area contributed by atoms with Gasteiger partial charge in [-0.2, -0.15) is 0 Å². The van der Waals surface area contributed by atoms with Crippen LogP contribution in [0.1, 0.15) is 39.5 Å². The molecular weight excluding hydrogens is 232 g/mol. The molecule has 1 aliphatic rings. The molecule has 1 fully saturated rings. The third-order valence-electron chi connectivity index (χ3n) is 3.11. The van der Waals surface area contributed by atoms with Crippen molar-refractivity contribution in [2.45, 2.75) is 45.6 Å². The number of carbonyl (C=O) groups is 2.